The molecule has 4 heteroatoms. The van der Waals surface area contributed by atoms with Gasteiger partial charge in [-0.1, -0.05) is 35.0 Å². The van der Waals surface area contributed by atoms with Crippen LogP contribution in [0.3, 0.4) is 0 Å². The van der Waals surface area contributed by atoms with Crippen molar-refractivity contribution in [3.8, 4) is 11.4 Å². The molecule has 1 heterocycles. The maximum Gasteiger partial charge on any atom is 0.227 e. The number of benzene rings is 1. The molecule has 1 aromatic heterocycles. The van der Waals surface area contributed by atoms with E-state index in [-0.39, 0.29) is 0 Å². The van der Waals surface area contributed by atoms with E-state index in [0.29, 0.717) is 17.8 Å². The van der Waals surface area contributed by atoms with Gasteiger partial charge in [0, 0.05) is 18.0 Å². The minimum Gasteiger partial charge on any atom is -0.339 e. The van der Waals surface area contributed by atoms with Crippen molar-refractivity contribution in [3.05, 3.63) is 35.7 Å². The summed E-state index contributed by atoms with van der Waals surface area (Å²) in [5, 5.41) is 7.20. The third-order valence-corrected chi connectivity index (χ3v) is 3.06. The van der Waals surface area contributed by atoms with Crippen LogP contribution in [0.1, 0.15) is 24.8 Å². The van der Waals surface area contributed by atoms with Crippen LogP contribution in [0.5, 0.6) is 0 Å². The first kappa shape index (κ1) is 12.8. The Morgan fingerprint density at radius 2 is 2.00 bits per heavy atom. The molecular formula is C14H19N3O. The van der Waals surface area contributed by atoms with Gasteiger partial charge in [0.25, 0.3) is 0 Å². The quantitative estimate of drug-likeness (QED) is 0.879. The topological polar surface area (TPSA) is 51.0 Å². The van der Waals surface area contributed by atoms with E-state index < -0.39 is 0 Å². The van der Waals surface area contributed by atoms with Crippen LogP contribution in [-0.2, 0) is 6.42 Å². The molecule has 0 radical (unpaired) electrons. The van der Waals surface area contributed by atoms with Crippen LogP contribution in [0.2, 0.25) is 0 Å². The molecule has 1 N–H and O–H groups in total. The summed E-state index contributed by atoms with van der Waals surface area (Å²) >= 11 is 0. The third kappa shape index (κ3) is 3.17. The Morgan fingerprint density at radius 3 is 2.67 bits per heavy atom. The zero-order valence-electron chi connectivity index (χ0n) is 11.1. The van der Waals surface area contributed by atoms with Crippen LogP contribution in [-0.4, -0.2) is 23.2 Å². The third-order valence-electron chi connectivity index (χ3n) is 3.06. The van der Waals surface area contributed by atoms with Crippen LogP contribution < -0.4 is 5.32 Å². The average Bonchev–Trinajstić information content (AvgIpc) is 2.85. The van der Waals surface area contributed by atoms with Gasteiger partial charge in [0.2, 0.25) is 11.7 Å². The van der Waals surface area contributed by atoms with Gasteiger partial charge in [-0.2, -0.15) is 4.98 Å². The molecule has 1 atom stereocenters. The van der Waals surface area contributed by atoms with E-state index in [1.807, 2.05) is 19.2 Å². The molecular weight excluding hydrogens is 226 g/mol. The first-order valence-corrected chi connectivity index (χ1v) is 6.26. The second-order valence-electron chi connectivity index (χ2n) is 4.61. The number of nitrogens with one attached hydrogen (secondary N) is 1. The lowest BCUT2D eigenvalue weighted by molar-refractivity contribution is 0.369. The van der Waals surface area contributed by atoms with E-state index in [9.17, 15) is 0 Å². The number of hydrogen-bond acceptors (Lipinski definition) is 4. The fourth-order valence-corrected chi connectivity index (χ4v) is 1.66. The lowest BCUT2D eigenvalue weighted by atomic mass is 10.1. The SMILES string of the molecule is CNC(C)CCc1nc(-c2ccc(C)cc2)no1. The first-order valence-electron chi connectivity index (χ1n) is 6.26. The summed E-state index contributed by atoms with van der Waals surface area (Å²) in [6.45, 7) is 4.20. The average molecular weight is 245 g/mol. The van der Waals surface area contributed by atoms with Crippen LogP contribution in [0.4, 0.5) is 0 Å². The molecule has 18 heavy (non-hydrogen) atoms. The molecule has 1 unspecified atom stereocenters. The van der Waals surface area contributed by atoms with Crippen LogP contribution in [0, 0.1) is 6.92 Å². The Hall–Kier alpha value is -1.68. The summed E-state index contributed by atoms with van der Waals surface area (Å²) in [6.07, 6.45) is 1.80. The van der Waals surface area contributed by atoms with Crippen molar-refractivity contribution >= 4 is 0 Å². The van der Waals surface area contributed by atoms with Crippen LogP contribution in [0.15, 0.2) is 28.8 Å². The van der Waals surface area contributed by atoms with Gasteiger partial charge < -0.3 is 9.84 Å². The molecule has 0 aliphatic rings. The largest absolute Gasteiger partial charge is 0.339 e. The van der Waals surface area contributed by atoms with E-state index in [4.69, 9.17) is 4.52 Å². The molecule has 2 rings (SSSR count). The molecule has 4 nitrogen and oxygen atoms in total. The van der Waals surface area contributed by atoms with Gasteiger partial charge >= 0.3 is 0 Å². The number of rotatable bonds is 5. The Morgan fingerprint density at radius 1 is 1.28 bits per heavy atom. The highest BCUT2D eigenvalue weighted by molar-refractivity contribution is 5.54. The van der Waals surface area contributed by atoms with Gasteiger partial charge in [0.05, 0.1) is 0 Å². The Kier molecular flexibility index (Phi) is 4.10. The van der Waals surface area contributed by atoms with Crippen molar-refractivity contribution in [2.24, 2.45) is 0 Å². The van der Waals surface area contributed by atoms with Crippen molar-refractivity contribution < 1.29 is 4.52 Å². The highest BCUT2D eigenvalue weighted by Crippen LogP contribution is 2.16. The predicted octanol–water partition coefficient (Wildman–Crippen LogP) is 2.59. The van der Waals surface area contributed by atoms with Crippen molar-refractivity contribution in [3.63, 3.8) is 0 Å². The summed E-state index contributed by atoms with van der Waals surface area (Å²) in [5.74, 6) is 1.37. The van der Waals surface area contributed by atoms with E-state index in [1.165, 1.54) is 5.56 Å². The van der Waals surface area contributed by atoms with Crippen molar-refractivity contribution in [2.45, 2.75) is 32.7 Å². The standard InChI is InChI=1S/C14H19N3O/c1-10-4-7-12(8-5-10)14-16-13(18-17-14)9-6-11(2)15-3/h4-5,7-8,11,15H,6,9H2,1-3H3. The summed E-state index contributed by atoms with van der Waals surface area (Å²) in [7, 11) is 1.95. The van der Waals surface area contributed by atoms with E-state index in [0.717, 1.165) is 18.4 Å². The van der Waals surface area contributed by atoms with Crippen molar-refractivity contribution in [1.82, 2.24) is 15.5 Å². The fourth-order valence-electron chi connectivity index (χ4n) is 1.66. The van der Waals surface area contributed by atoms with Gasteiger partial charge in [-0.15, -0.1) is 0 Å². The van der Waals surface area contributed by atoms with Crippen molar-refractivity contribution in [2.75, 3.05) is 7.05 Å². The molecule has 1 aromatic carbocycles. The number of hydrogen-bond donors (Lipinski definition) is 1. The smallest absolute Gasteiger partial charge is 0.227 e. The molecule has 0 aliphatic heterocycles. The molecule has 0 aliphatic carbocycles. The minimum absolute atomic E-state index is 0.458. The van der Waals surface area contributed by atoms with Crippen LogP contribution in [0.25, 0.3) is 11.4 Å². The minimum atomic E-state index is 0.458. The van der Waals surface area contributed by atoms with Gasteiger partial charge in [0.15, 0.2) is 0 Å². The Bertz CT molecular complexity index is 490. The van der Waals surface area contributed by atoms with E-state index in [2.05, 4.69) is 41.4 Å². The van der Waals surface area contributed by atoms with Crippen molar-refractivity contribution in [1.29, 1.82) is 0 Å². The maximum atomic E-state index is 5.26. The number of aryl methyl sites for hydroxylation is 2. The number of nitrogens with zero attached hydrogens (tertiary/aromatic N) is 2. The second-order valence-corrected chi connectivity index (χ2v) is 4.61. The highest BCUT2D eigenvalue weighted by atomic mass is 16.5. The lowest BCUT2D eigenvalue weighted by Gasteiger charge is -2.06. The Balaban J connectivity index is 2.03. The summed E-state index contributed by atoms with van der Waals surface area (Å²) < 4.78 is 5.26. The van der Waals surface area contributed by atoms with Crippen LogP contribution >= 0.6 is 0 Å². The normalized spacial score (nSPS) is 12.6. The summed E-state index contributed by atoms with van der Waals surface area (Å²) in [5.41, 5.74) is 2.22. The first-order chi connectivity index (χ1) is 8.69. The fraction of sp³-hybridized carbons (Fsp3) is 0.429. The molecule has 96 valence electrons. The highest BCUT2D eigenvalue weighted by Gasteiger charge is 2.09. The molecule has 0 amide bonds. The van der Waals surface area contributed by atoms with E-state index >= 15 is 0 Å². The lowest BCUT2D eigenvalue weighted by Crippen LogP contribution is -2.21. The molecule has 2 aromatic rings. The summed E-state index contributed by atoms with van der Waals surface area (Å²) in [4.78, 5) is 4.41. The van der Waals surface area contributed by atoms with E-state index in [1.54, 1.807) is 0 Å². The second kappa shape index (κ2) is 5.78. The monoisotopic (exact) mass is 245 g/mol. The molecule has 0 spiro atoms. The molecule has 0 saturated carbocycles. The zero-order valence-corrected chi connectivity index (χ0v) is 11.1. The molecule has 0 fully saturated rings. The van der Waals surface area contributed by atoms with Gasteiger partial charge in [-0.25, -0.2) is 0 Å². The molecule has 0 bridgehead atoms. The summed E-state index contributed by atoms with van der Waals surface area (Å²) in [6, 6.07) is 8.59. The van der Waals surface area contributed by atoms with Gasteiger partial charge in [0.1, 0.15) is 0 Å². The maximum absolute atomic E-state index is 5.26. The zero-order chi connectivity index (χ0) is 13.0. The molecule has 0 saturated heterocycles. The van der Waals surface area contributed by atoms with Gasteiger partial charge in [-0.3, -0.25) is 0 Å². The predicted molar refractivity (Wildman–Crippen MR) is 71.3 cm³/mol. The van der Waals surface area contributed by atoms with Gasteiger partial charge in [-0.05, 0) is 27.3 Å². The number of aromatic nitrogens is 2. The Labute approximate surface area is 107 Å².